The van der Waals surface area contributed by atoms with Crippen molar-refractivity contribution in [3.63, 3.8) is 0 Å². The molecule has 1 aliphatic rings. The highest BCUT2D eigenvalue weighted by atomic mass is 32.2. The highest BCUT2D eigenvalue weighted by Gasteiger charge is 2.28. The van der Waals surface area contributed by atoms with Crippen molar-refractivity contribution < 1.29 is 0 Å². The topological polar surface area (TPSA) is 12.0 Å². The number of hydrogen-bond donors (Lipinski definition) is 1. The lowest BCUT2D eigenvalue weighted by molar-refractivity contribution is 0.644. The van der Waals surface area contributed by atoms with Crippen LogP contribution in [0.15, 0.2) is 29.1 Å². The first-order valence-electron chi connectivity index (χ1n) is 3.46. The highest BCUT2D eigenvalue weighted by molar-refractivity contribution is 8.03. The van der Waals surface area contributed by atoms with Crippen molar-refractivity contribution in [1.29, 1.82) is 0 Å². The summed E-state index contributed by atoms with van der Waals surface area (Å²) in [7, 11) is 0. The summed E-state index contributed by atoms with van der Waals surface area (Å²) in [6.07, 6.45) is 2.00. The van der Waals surface area contributed by atoms with Crippen LogP contribution in [0.4, 0.5) is 0 Å². The summed E-state index contributed by atoms with van der Waals surface area (Å²) in [4.78, 5) is 1.47. The number of thioether (sulfide) groups is 1. The van der Waals surface area contributed by atoms with Crippen LogP contribution in [0, 0.1) is 0 Å². The van der Waals surface area contributed by atoms with Gasteiger partial charge in [0, 0.05) is 11.1 Å². The maximum Gasteiger partial charge on any atom is 0.119 e. The van der Waals surface area contributed by atoms with Crippen LogP contribution in [0.2, 0.25) is 0 Å². The SMILES string of the molecule is CC1(c2cccs2)NC=CS1. The Morgan fingerprint density at radius 2 is 2.45 bits per heavy atom. The molecule has 1 N–H and O–H groups in total. The van der Waals surface area contributed by atoms with Crippen LogP contribution in [0.25, 0.3) is 0 Å². The average Bonchev–Trinajstić information content (AvgIpc) is 2.55. The predicted octanol–water partition coefficient (Wildman–Crippen LogP) is 2.73. The Bertz CT molecular complexity index is 256. The molecule has 0 saturated heterocycles. The summed E-state index contributed by atoms with van der Waals surface area (Å²) in [5, 5.41) is 7.54. The van der Waals surface area contributed by atoms with E-state index in [4.69, 9.17) is 0 Å². The van der Waals surface area contributed by atoms with Gasteiger partial charge in [0.25, 0.3) is 0 Å². The number of thiophene rings is 1. The largest absolute Gasteiger partial charge is 0.372 e. The van der Waals surface area contributed by atoms with Gasteiger partial charge in [-0.3, -0.25) is 0 Å². The molecule has 0 saturated carbocycles. The van der Waals surface area contributed by atoms with Crippen LogP contribution >= 0.6 is 23.1 Å². The third kappa shape index (κ3) is 1.19. The van der Waals surface area contributed by atoms with Gasteiger partial charge in [0.1, 0.15) is 4.87 Å². The second-order valence-electron chi connectivity index (χ2n) is 2.58. The van der Waals surface area contributed by atoms with Crippen LogP contribution in [-0.2, 0) is 4.87 Å². The van der Waals surface area contributed by atoms with E-state index in [1.165, 1.54) is 4.88 Å². The first kappa shape index (κ1) is 7.25. The number of nitrogens with one attached hydrogen (secondary N) is 1. The fourth-order valence-electron chi connectivity index (χ4n) is 1.08. The van der Waals surface area contributed by atoms with Gasteiger partial charge in [-0.1, -0.05) is 17.8 Å². The lowest BCUT2D eigenvalue weighted by atomic mass is 10.3. The Morgan fingerprint density at radius 1 is 1.55 bits per heavy atom. The molecule has 11 heavy (non-hydrogen) atoms. The van der Waals surface area contributed by atoms with E-state index in [1.807, 2.05) is 18.0 Å². The molecule has 1 aromatic heterocycles. The Hall–Kier alpha value is -0.410. The third-order valence-electron chi connectivity index (χ3n) is 1.72. The van der Waals surface area contributed by atoms with E-state index in [2.05, 4.69) is 35.2 Å². The minimum Gasteiger partial charge on any atom is -0.372 e. The van der Waals surface area contributed by atoms with Gasteiger partial charge >= 0.3 is 0 Å². The van der Waals surface area contributed by atoms with Crippen LogP contribution in [0.5, 0.6) is 0 Å². The molecule has 0 aliphatic carbocycles. The van der Waals surface area contributed by atoms with Crippen molar-refractivity contribution in [1.82, 2.24) is 5.32 Å². The van der Waals surface area contributed by atoms with Gasteiger partial charge in [0.05, 0.1) is 0 Å². The molecule has 3 heteroatoms. The number of hydrogen-bond acceptors (Lipinski definition) is 3. The number of rotatable bonds is 1. The fourth-order valence-corrected chi connectivity index (χ4v) is 2.84. The van der Waals surface area contributed by atoms with Crippen LogP contribution in [-0.4, -0.2) is 0 Å². The van der Waals surface area contributed by atoms with Crippen molar-refractivity contribution in [2.75, 3.05) is 0 Å². The Balaban J connectivity index is 2.29. The molecule has 2 rings (SSSR count). The van der Waals surface area contributed by atoms with Gasteiger partial charge in [-0.2, -0.15) is 0 Å². The molecule has 0 radical (unpaired) electrons. The molecule has 1 aromatic rings. The van der Waals surface area contributed by atoms with E-state index in [1.54, 1.807) is 11.3 Å². The van der Waals surface area contributed by atoms with Gasteiger partial charge < -0.3 is 5.32 Å². The second-order valence-corrected chi connectivity index (χ2v) is 4.85. The zero-order valence-electron chi connectivity index (χ0n) is 6.20. The molecule has 1 nitrogen and oxygen atoms in total. The van der Waals surface area contributed by atoms with E-state index in [0.29, 0.717) is 0 Å². The van der Waals surface area contributed by atoms with E-state index in [9.17, 15) is 0 Å². The Labute approximate surface area is 74.5 Å². The van der Waals surface area contributed by atoms with E-state index in [-0.39, 0.29) is 4.87 Å². The van der Waals surface area contributed by atoms with E-state index >= 15 is 0 Å². The lowest BCUT2D eigenvalue weighted by Gasteiger charge is -2.21. The van der Waals surface area contributed by atoms with Crippen molar-refractivity contribution >= 4 is 23.1 Å². The molecule has 2 heterocycles. The summed E-state index contributed by atoms with van der Waals surface area (Å²) < 4.78 is 0. The van der Waals surface area contributed by atoms with Gasteiger partial charge in [-0.25, -0.2) is 0 Å². The first-order valence-corrected chi connectivity index (χ1v) is 5.22. The zero-order valence-corrected chi connectivity index (χ0v) is 7.84. The zero-order chi connectivity index (χ0) is 7.73. The predicted molar refractivity (Wildman–Crippen MR) is 51.5 cm³/mol. The Morgan fingerprint density at radius 3 is 3.00 bits per heavy atom. The van der Waals surface area contributed by atoms with Gasteiger partial charge in [0.2, 0.25) is 0 Å². The van der Waals surface area contributed by atoms with Crippen LogP contribution in [0.1, 0.15) is 11.8 Å². The summed E-state index contributed by atoms with van der Waals surface area (Å²) in [6.45, 7) is 2.20. The molecule has 58 valence electrons. The van der Waals surface area contributed by atoms with Crippen molar-refractivity contribution in [3.05, 3.63) is 34.0 Å². The summed E-state index contributed by atoms with van der Waals surface area (Å²) in [5.41, 5.74) is 0. The molecule has 1 aliphatic heterocycles. The molecule has 0 amide bonds. The molecular formula is C8H9NS2. The molecule has 1 unspecified atom stereocenters. The van der Waals surface area contributed by atoms with Gasteiger partial charge in [-0.05, 0) is 23.8 Å². The third-order valence-corrected chi connectivity index (χ3v) is 4.02. The Kier molecular flexibility index (Phi) is 1.69. The monoisotopic (exact) mass is 183 g/mol. The molecule has 0 fully saturated rings. The van der Waals surface area contributed by atoms with Gasteiger partial charge in [0.15, 0.2) is 0 Å². The quantitative estimate of drug-likeness (QED) is 0.718. The lowest BCUT2D eigenvalue weighted by Crippen LogP contribution is -2.27. The smallest absolute Gasteiger partial charge is 0.119 e. The molecule has 0 spiro atoms. The van der Waals surface area contributed by atoms with Gasteiger partial charge in [-0.15, -0.1) is 11.3 Å². The standard InChI is InChI=1S/C8H9NS2/c1-8(9-4-6-11-8)7-3-2-5-10-7/h2-6,9H,1H3. The minimum atomic E-state index is 0.0914. The van der Waals surface area contributed by atoms with E-state index < -0.39 is 0 Å². The maximum absolute atomic E-state index is 3.33. The molecular weight excluding hydrogens is 174 g/mol. The molecule has 1 atom stereocenters. The average molecular weight is 183 g/mol. The van der Waals surface area contributed by atoms with E-state index in [0.717, 1.165) is 0 Å². The van der Waals surface area contributed by atoms with Crippen molar-refractivity contribution in [2.45, 2.75) is 11.8 Å². The summed E-state index contributed by atoms with van der Waals surface area (Å²) >= 11 is 3.62. The fraction of sp³-hybridized carbons (Fsp3) is 0.250. The maximum atomic E-state index is 3.33. The highest BCUT2D eigenvalue weighted by Crippen LogP contribution is 2.39. The first-order chi connectivity index (χ1) is 5.31. The summed E-state index contributed by atoms with van der Waals surface area (Å²) in [6, 6.07) is 4.25. The second kappa shape index (κ2) is 2.57. The minimum absolute atomic E-state index is 0.0914. The van der Waals surface area contributed by atoms with Crippen molar-refractivity contribution in [3.8, 4) is 0 Å². The van der Waals surface area contributed by atoms with Crippen LogP contribution < -0.4 is 5.32 Å². The normalized spacial score (nSPS) is 28.8. The molecule has 0 bridgehead atoms. The summed E-state index contributed by atoms with van der Waals surface area (Å²) in [5.74, 6) is 0. The van der Waals surface area contributed by atoms with Crippen LogP contribution in [0.3, 0.4) is 0 Å². The van der Waals surface area contributed by atoms with Crippen molar-refractivity contribution in [2.24, 2.45) is 0 Å². The molecule has 0 aromatic carbocycles.